The lowest BCUT2D eigenvalue weighted by Crippen LogP contribution is -2.37. The zero-order chi connectivity index (χ0) is 15.9. The minimum absolute atomic E-state index is 0.0738. The Morgan fingerprint density at radius 1 is 1.41 bits per heavy atom. The Balaban J connectivity index is 1.96. The van der Waals surface area contributed by atoms with E-state index in [1.165, 1.54) is 13.2 Å². The summed E-state index contributed by atoms with van der Waals surface area (Å²) in [5, 5.41) is 18.8. The van der Waals surface area contributed by atoms with Crippen molar-refractivity contribution in [3.05, 3.63) is 11.6 Å². The number of anilines is 1. The number of phenolic OH excluding ortho intramolecular Hbond substituents is 1. The highest BCUT2D eigenvalue weighted by molar-refractivity contribution is 5.72. The number of phenols is 1. The molecule has 0 aliphatic carbocycles. The molecule has 1 aromatic rings. The molecule has 1 saturated heterocycles. The average molecular weight is 307 g/mol. The van der Waals surface area contributed by atoms with Gasteiger partial charge in [-0.3, -0.25) is 4.90 Å². The van der Waals surface area contributed by atoms with Crippen LogP contribution in [0.25, 0.3) is 0 Å². The van der Waals surface area contributed by atoms with Gasteiger partial charge in [-0.25, -0.2) is 0 Å². The Morgan fingerprint density at radius 2 is 2.14 bits per heavy atom. The number of nitriles is 1. The van der Waals surface area contributed by atoms with Gasteiger partial charge < -0.3 is 25.1 Å². The molecule has 120 valence electrons. The largest absolute Gasteiger partial charge is 0.506 e. The van der Waals surface area contributed by atoms with Gasteiger partial charge in [0, 0.05) is 25.7 Å². The highest BCUT2D eigenvalue weighted by Crippen LogP contribution is 2.42. The van der Waals surface area contributed by atoms with E-state index in [1.807, 2.05) is 6.07 Å². The molecule has 1 aliphatic rings. The summed E-state index contributed by atoms with van der Waals surface area (Å²) in [4.78, 5) is 2.31. The molecule has 0 atom stereocenters. The molecule has 1 aliphatic heterocycles. The summed E-state index contributed by atoms with van der Waals surface area (Å²) in [5.74, 6) is 0.291. The van der Waals surface area contributed by atoms with Crippen molar-refractivity contribution in [1.82, 2.24) is 4.90 Å². The molecule has 7 nitrogen and oxygen atoms in total. The van der Waals surface area contributed by atoms with Gasteiger partial charge in [0.25, 0.3) is 0 Å². The molecule has 1 fully saturated rings. The zero-order valence-electron chi connectivity index (χ0n) is 12.7. The standard InChI is InChI=1S/C15H21N3O4/c1-20-15-13(17)12(19)9-11(10-16)14(15)22-6-2-3-18-4-7-21-8-5-18/h9,19H,2-8,17H2,1H3. The van der Waals surface area contributed by atoms with E-state index in [-0.39, 0.29) is 28.5 Å². The van der Waals surface area contributed by atoms with Crippen molar-refractivity contribution < 1.29 is 19.3 Å². The van der Waals surface area contributed by atoms with Crippen LogP contribution in [-0.4, -0.2) is 56.6 Å². The molecule has 2 rings (SSSR count). The van der Waals surface area contributed by atoms with E-state index in [0.29, 0.717) is 6.61 Å². The second-order valence-electron chi connectivity index (χ2n) is 4.99. The number of hydrogen-bond donors (Lipinski definition) is 2. The second-order valence-corrected chi connectivity index (χ2v) is 4.99. The number of benzene rings is 1. The highest BCUT2D eigenvalue weighted by atomic mass is 16.5. The van der Waals surface area contributed by atoms with Gasteiger partial charge in [-0.1, -0.05) is 0 Å². The summed E-state index contributed by atoms with van der Waals surface area (Å²) < 4.78 is 16.1. The van der Waals surface area contributed by atoms with Crippen LogP contribution in [0.5, 0.6) is 17.2 Å². The summed E-state index contributed by atoms with van der Waals surface area (Å²) in [5.41, 5.74) is 6.03. The van der Waals surface area contributed by atoms with Crippen LogP contribution in [0.1, 0.15) is 12.0 Å². The number of hydrogen-bond acceptors (Lipinski definition) is 7. The Kier molecular flexibility index (Phi) is 5.69. The summed E-state index contributed by atoms with van der Waals surface area (Å²) in [6, 6.07) is 3.27. The molecule has 22 heavy (non-hydrogen) atoms. The molecule has 0 saturated carbocycles. The molecule has 0 unspecified atom stereocenters. The van der Waals surface area contributed by atoms with Crippen molar-refractivity contribution in [3.8, 4) is 23.3 Å². The maximum atomic E-state index is 9.68. The van der Waals surface area contributed by atoms with Gasteiger partial charge in [-0.05, 0) is 6.42 Å². The lowest BCUT2D eigenvalue weighted by molar-refractivity contribution is 0.0357. The van der Waals surface area contributed by atoms with Crippen LogP contribution in [0.15, 0.2) is 6.07 Å². The third-order valence-corrected chi connectivity index (χ3v) is 3.55. The predicted octanol–water partition coefficient (Wildman–Crippen LogP) is 0.956. The molecular formula is C15H21N3O4. The fourth-order valence-electron chi connectivity index (χ4n) is 2.36. The molecule has 0 amide bonds. The number of aromatic hydroxyl groups is 1. The topological polar surface area (TPSA) is 101 Å². The Morgan fingerprint density at radius 3 is 2.77 bits per heavy atom. The first-order valence-corrected chi connectivity index (χ1v) is 7.19. The number of nitrogen functional groups attached to an aromatic ring is 1. The number of rotatable bonds is 6. The SMILES string of the molecule is COc1c(N)c(O)cc(C#N)c1OCCCN1CCOCC1. The van der Waals surface area contributed by atoms with Crippen LogP contribution in [0.2, 0.25) is 0 Å². The first-order chi connectivity index (χ1) is 10.7. The van der Waals surface area contributed by atoms with E-state index in [4.69, 9.17) is 25.2 Å². The number of nitrogens with two attached hydrogens (primary N) is 1. The molecule has 1 heterocycles. The van der Waals surface area contributed by atoms with Gasteiger partial charge in [0.2, 0.25) is 0 Å². The summed E-state index contributed by atoms with van der Waals surface area (Å²) >= 11 is 0. The molecule has 0 radical (unpaired) electrons. The molecule has 1 aromatic carbocycles. The van der Waals surface area contributed by atoms with Crippen LogP contribution in [0, 0.1) is 11.3 Å². The van der Waals surface area contributed by atoms with Gasteiger partial charge in [0.05, 0.1) is 26.9 Å². The Labute approximate surface area is 129 Å². The van der Waals surface area contributed by atoms with Crippen molar-refractivity contribution in [2.45, 2.75) is 6.42 Å². The van der Waals surface area contributed by atoms with E-state index >= 15 is 0 Å². The van der Waals surface area contributed by atoms with Gasteiger partial charge in [0.15, 0.2) is 11.5 Å². The van der Waals surface area contributed by atoms with E-state index in [0.717, 1.165) is 39.3 Å². The summed E-state index contributed by atoms with van der Waals surface area (Å²) in [6.07, 6.45) is 0.814. The summed E-state index contributed by atoms with van der Waals surface area (Å²) in [7, 11) is 1.42. The molecule has 0 bridgehead atoms. The third-order valence-electron chi connectivity index (χ3n) is 3.55. The minimum Gasteiger partial charge on any atom is -0.506 e. The van der Waals surface area contributed by atoms with E-state index < -0.39 is 0 Å². The normalized spacial score (nSPS) is 15.3. The summed E-state index contributed by atoms with van der Waals surface area (Å²) in [6.45, 7) is 4.73. The smallest absolute Gasteiger partial charge is 0.189 e. The average Bonchev–Trinajstić information content (AvgIpc) is 2.55. The quantitative estimate of drug-likeness (QED) is 0.458. The monoisotopic (exact) mass is 307 g/mol. The maximum Gasteiger partial charge on any atom is 0.189 e. The third kappa shape index (κ3) is 3.72. The molecular weight excluding hydrogens is 286 g/mol. The van der Waals surface area contributed by atoms with Gasteiger partial charge in [-0.15, -0.1) is 0 Å². The fraction of sp³-hybridized carbons (Fsp3) is 0.533. The Bertz CT molecular complexity index is 551. The fourth-order valence-corrected chi connectivity index (χ4v) is 2.36. The van der Waals surface area contributed by atoms with Crippen LogP contribution in [0.3, 0.4) is 0 Å². The molecule has 7 heteroatoms. The van der Waals surface area contributed by atoms with Crippen LogP contribution in [-0.2, 0) is 4.74 Å². The Hall–Kier alpha value is -2.17. The van der Waals surface area contributed by atoms with Crippen LogP contribution in [0.4, 0.5) is 5.69 Å². The minimum atomic E-state index is -0.186. The first-order valence-electron chi connectivity index (χ1n) is 7.19. The highest BCUT2D eigenvalue weighted by Gasteiger charge is 2.18. The van der Waals surface area contributed by atoms with E-state index in [9.17, 15) is 5.11 Å². The molecule has 3 N–H and O–H groups in total. The molecule has 0 spiro atoms. The molecule has 0 aromatic heterocycles. The number of methoxy groups -OCH3 is 1. The van der Waals surface area contributed by atoms with Gasteiger partial charge >= 0.3 is 0 Å². The van der Waals surface area contributed by atoms with E-state index in [1.54, 1.807) is 0 Å². The van der Waals surface area contributed by atoms with Crippen molar-refractivity contribution in [2.24, 2.45) is 0 Å². The lowest BCUT2D eigenvalue weighted by atomic mass is 10.1. The maximum absolute atomic E-state index is 9.68. The van der Waals surface area contributed by atoms with Crippen LogP contribution >= 0.6 is 0 Å². The van der Waals surface area contributed by atoms with Crippen molar-refractivity contribution >= 4 is 5.69 Å². The predicted molar refractivity (Wildman–Crippen MR) is 81.2 cm³/mol. The number of ether oxygens (including phenoxy) is 3. The van der Waals surface area contributed by atoms with E-state index in [2.05, 4.69) is 4.90 Å². The van der Waals surface area contributed by atoms with Gasteiger partial charge in [-0.2, -0.15) is 5.26 Å². The number of nitrogens with zero attached hydrogens (tertiary/aromatic N) is 2. The lowest BCUT2D eigenvalue weighted by Gasteiger charge is -2.26. The second kappa shape index (κ2) is 7.73. The van der Waals surface area contributed by atoms with Crippen molar-refractivity contribution in [1.29, 1.82) is 5.26 Å². The zero-order valence-corrected chi connectivity index (χ0v) is 12.7. The van der Waals surface area contributed by atoms with Crippen molar-refractivity contribution in [2.75, 3.05) is 52.3 Å². The first kappa shape index (κ1) is 16.2. The van der Waals surface area contributed by atoms with Crippen LogP contribution < -0.4 is 15.2 Å². The van der Waals surface area contributed by atoms with Crippen molar-refractivity contribution in [3.63, 3.8) is 0 Å². The van der Waals surface area contributed by atoms with Gasteiger partial charge in [0.1, 0.15) is 23.1 Å². The number of morpholine rings is 1.